The molecule has 6 heteroatoms. The maximum Gasteiger partial charge on any atom is 0.260 e. The van der Waals surface area contributed by atoms with E-state index in [0.717, 1.165) is 21.5 Å². The average Bonchev–Trinajstić information content (AvgIpc) is 3.21. The van der Waals surface area contributed by atoms with Crippen LogP contribution in [-0.2, 0) is 6.54 Å². The fourth-order valence-corrected chi connectivity index (χ4v) is 4.42. The van der Waals surface area contributed by atoms with Crippen molar-refractivity contribution in [3.63, 3.8) is 0 Å². The highest BCUT2D eigenvalue weighted by Gasteiger charge is 2.23. The van der Waals surface area contributed by atoms with E-state index in [1.165, 1.54) is 18.3 Å². The number of thiazole rings is 1. The van der Waals surface area contributed by atoms with Crippen molar-refractivity contribution in [1.82, 2.24) is 9.97 Å². The Labute approximate surface area is 185 Å². The average molecular weight is 430 g/mol. The molecule has 0 saturated carbocycles. The van der Waals surface area contributed by atoms with E-state index in [9.17, 15) is 9.59 Å². The van der Waals surface area contributed by atoms with Crippen molar-refractivity contribution in [1.29, 1.82) is 0 Å². The minimum atomic E-state index is -0.175. The molecule has 0 unspecified atom stereocenters. The van der Waals surface area contributed by atoms with Crippen molar-refractivity contribution in [2.24, 2.45) is 0 Å². The number of pyridine rings is 1. The van der Waals surface area contributed by atoms with Crippen LogP contribution in [0.4, 0.5) is 5.13 Å². The van der Waals surface area contributed by atoms with E-state index < -0.39 is 0 Å². The summed E-state index contributed by atoms with van der Waals surface area (Å²) in [6, 6.07) is 18.6. The van der Waals surface area contributed by atoms with Crippen LogP contribution in [0.15, 0.2) is 66.9 Å². The molecule has 2 aromatic heterocycles. The van der Waals surface area contributed by atoms with E-state index in [1.807, 2.05) is 30.3 Å². The minimum absolute atomic E-state index is 0.0308. The van der Waals surface area contributed by atoms with Gasteiger partial charge in [0.25, 0.3) is 5.91 Å². The van der Waals surface area contributed by atoms with Gasteiger partial charge in [-0.2, -0.15) is 0 Å². The largest absolute Gasteiger partial charge is 0.295 e. The Balaban J connectivity index is 1.77. The van der Waals surface area contributed by atoms with Gasteiger partial charge in [-0.05, 0) is 48.7 Å². The molecule has 0 radical (unpaired) electrons. The zero-order chi connectivity index (χ0) is 22.0. The Bertz CT molecular complexity index is 1230. The van der Waals surface area contributed by atoms with Crippen molar-refractivity contribution in [2.75, 3.05) is 4.90 Å². The van der Waals surface area contributed by atoms with Gasteiger partial charge in [0.05, 0.1) is 22.5 Å². The fraction of sp³-hybridized carbons (Fsp3) is 0.200. The number of fused-ring (bicyclic) bond motifs is 1. The number of aromatic nitrogens is 2. The van der Waals surface area contributed by atoms with E-state index in [0.29, 0.717) is 28.7 Å². The number of hydrogen-bond donors (Lipinski definition) is 0. The maximum absolute atomic E-state index is 13.5. The number of carbonyl (C=O) groups excluding carboxylic acids is 2. The van der Waals surface area contributed by atoms with E-state index in [-0.39, 0.29) is 11.7 Å². The summed E-state index contributed by atoms with van der Waals surface area (Å²) in [5.41, 5.74) is 3.96. The molecule has 0 bridgehead atoms. The van der Waals surface area contributed by atoms with E-state index in [4.69, 9.17) is 4.98 Å². The van der Waals surface area contributed by atoms with Crippen molar-refractivity contribution >= 4 is 38.4 Å². The van der Waals surface area contributed by atoms with E-state index in [1.54, 1.807) is 35.4 Å². The summed E-state index contributed by atoms with van der Waals surface area (Å²) >= 11 is 1.50. The lowest BCUT2D eigenvalue weighted by Crippen LogP contribution is -2.30. The Morgan fingerprint density at radius 3 is 2.35 bits per heavy atom. The lowest BCUT2D eigenvalue weighted by Gasteiger charge is -2.19. The minimum Gasteiger partial charge on any atom is -0.295 e. The number of rotatable bonds is 6. The molecule has 1 amide bonds. The third kappa shape index (κ3) is 4.39. The summed E-state index contributed by atoms with van der Waals surface area (Å²) in [4.78, 5) is 36.0. The van der Waals surface area contributed by atoms with E-state index in [2.05, 4.69) is 24.9 Å². The fourth-order valence-electron chi connectivity index (χ4n) is 3.42. The Morgan fingerprint density at radius 2 is 1.71 bits per heavy atom. The first-order valence-electron chi connectivity index (χ1n) is 10.2. The number of benzene rings is 2. The van der Waals surface area contributed by atoms with Gasteiger partial charge in [-0.15, -0.1) is 0 Å². The van der Waals surface area contributed by atoms with Gasteiger partial charge in [0.2, 0.25) is 0 Å². The number of amides is 1. The van der Waals surface area contributed by atoms with Crippen LogP contribution in [-0.4, -0.2) is 21.7 Å². The Kier molecular flexibility index (Phi) is 5.91. The quantitative estimate of drug-likeness (QED) is 0.360. The summed E-state index contributed by atoms with van der Waals surface area (Å²) in [5, 5.41) is 0.634. The van der Waals surface area contributed by atoms with Crippen LogP contribution < -0.4 is 4.90 Å². The molecule has 0 N–H and O–H groups in total. The molecule has 0 aliphatic heterocycles. The second-order valence-electron chi connectivity index (χ2n) is 7.69. The second-order valence-corrected chi connectivity index (χ2v) is 8.70. The third-order valence-corrected chi connectivity index (χ3v) is 6.17. The number of carbonyl (C=O) groups is 2. The molecule has 0 spiro atoms. The molecule has 0 aliphatic rings. The molecule has 156 valence electrons. The molecule has 4 aromatic rings. The van der Waals surface area contributed by atoms with Crippen molar-refractivity contribution in [3.05, 3.63) is 89.2 Å². The molecule has 0 saturated heterocycles. The highest BCUT2D eigenvalue weighted by Crippen LogP contribution is 2.34. The number of Topliss-reactive ketones (excluding diaryl/α,β-unsaturated/α-hetero) is 1. The summed E-state index contributed by atoms with van der Waals surface area (Å²) in [5.74, 6) is 0.125. The van der Waals surface area contributed by atoms with E-state index >= 15 is 0 Å². The molecule has 4 rings (SSSR count). The SMILES string of the molecule is CC(=O)c1ccc(C(=O)N(Cc2ccccn2)c2nc3c(C(C)C)cccc3s2)cc1. The van der Waals surface area contributed by atoms with Crippen LogP contribution >= 0.6 is 11.3 Å². The van der Waals surface area contributed by atoms with Gasteiger partial charge in [-0.3, -0.25) is 19.5 Å². The van der Waals surface area contributed by atoms with Gasteiger partial charge in [0.15, 0.2) is 10.9 Å². The molecule has 0 atom stereocenters. The Hall–Kier alpha value is -3.38. The summed E-state index contributed by atoms with van der Waals surface area (Å²) in [6.45, 7) is 6.10. The lowest BCUT2D eigenvalue weighted by atomic mass is 10.0. The van der Waals surface area contributed by atoms with Crippen LogP contribution in [0, 0.1) is 0 Å². The predicted molar refractivity (Wildman–Crippen MR) is 125 cm³/mol. The molecular formula is C25H23N3O2S. The number of hydrogen-bond acceptors (Lipinski definition) is 5. The molecule has 0 aliphatic carbocycles. The zero-order valence-electron chi connectivity index (χ0n) is 17.7. The van der Waals surface area contributed by atoms with Crippen molar-refractivity contribution in [2.45, 2.75) is 33.2 Å². The van der Waals surface area contributed by atoms with Crippen LogP contribution in [0.25, 0.3) is 10.2 Å². The predicted octanol–water partition coefficient (Wildman–Crippen LogP) is 5.86. The van der Waals surface area contributed by atoms with Crippen LogP contribution in [0.5, 0.6) is 0 Å². The smallest absolute Gasteiger partial charge is 0.260 e. The van der Waals surface area contributed by atoms with Gasteiger partial charge >= 0.3 is 0 Å². The van der Waals surface area contributed by atoms with Crippen LogP contribution in [0.2, 0.25) is 0 Å². The lowest BCUT2D eigenvalue weighted by molar-refractivity contribution is 0.0980. The number of ketones is 1. The monoisotopic (exact) mass is 429 g/mol. The number of para-hydroxylation sites is 1. The third-order valence-electron chi connectivity index (χ3n) is 5.12. The van der Waals surface area contributed by atoms with Gasteiger partial charge in [0, 0.05) is 17.3 Å². The summed E-state index contributed by atoms with van der Waals surface area (Å²) < 4.78 is 1.05. The van der Waals surface area contributed by atoms with Gasteiger partial charge < -0.3 is 0 Å². The van der Waals surface area contributed by atoms with Gasteiger partial charge in [0.1, 0.15) is 0 Å². The first-order chi connectivity index (χ1) is 14.9. The molecule has 5 nitrogen and oxygen atoms in total. The first kappa shape index (κ1) is 20.9. The van der Waals surface area contributed by atoms with Crippen molar-refractivity contribution in [3.8, 4) is 0 Å². The highest BCUT2D eigenvalue weighted by atomic mass is 32.1. The highest BCUT2D eigenvalue weighted by molar-refractivity contribution is 7.22. The molecule has 2 heterocycles. The number of nitrogens with zero attached hydrogens (tertiary/aromatic N) is 3. The maximum atomic E-state index is 13.5. The number of anilines is 1. The second kappa shape index (κ2) is 8.78. The molecule has 2 aromatic carbocycles. The zero-order valence-corrected chi connectivity index (χ0v) is 18.5. The summed E-state index contributed by atoms with van der Waals surface area (Å²) in [6.07, 6.45) is 1.72. The first-order valence-corrected chi connectivity index (χ1v) is 11.0. The van der Waals surface area contributed by atoms with Crippen molar-refractivity contribution < 1.29 is 9.59 Å². The Morgan fingerprint density at radius 1 is 0.968 bits per heavy atom. The molecule has 31 heavy (non-hydrogen) atoms. The van der Waals surface area contributed by atoms with Gasteiger partial charge in [-0.1, -0.05) is 55.5 Å². The molecular weight excluding hydrogens is 406 g/mol. The van der Waals surface area contributed by atoms with Gasteiger partial charge in [-0.25, -0.2) is 4.98 Å². The normalized spacial score (nSPS) is 11.1. The van der Waals surface area contributed by atoms with Crippen LogP contribution in [0.3, 0.4) is 0 Å². The van der Waals surface area contributed by atoms with Crippen LogP contribution in [0.1, 0.15) is 58.7 Å². The summed E-state index contributed by atoms with van der Waals surface area (Å²) in [7, 11) is 0. The molecule has 0 fully saturated rings. The standard InChI is InChI=1S/C25H23N3O2S/c1-16(2)21-8-6-9-22-23(21)27-25(31-22)28(15-20-7-4-5-14-26-20)24(30)19-12-10-18(11-13-19)17(3)29/h4-14,16H,15H2,1-3H3. The topological polar surface area (TPSA) is 63.2 Å².